The molecule has 1 aliphatic heterocycles. The van der Waals surface area contributed by atoms with Crippen LogP contribution >= 0.6 is 0 Å². The van der Waals surface area contributed by atoms with Crippen LogP contribution in [0, 0.1) is 11.7 Å². The third-order valence-corrected chi connectivity index (χ3v) is 4.95. The SMILES string of the molecule is CC1CCN(C(=O)C(C)Nc2ccc(N(C)C(C)C)c(F)c2)CC1. The molecule has 1 aromatic carbocycles. The molecular weight excluding hydrogens is 305 g/mol. The maximum Gasteiger partial charge on any atom is 0.244 e. The molecule has 1 unspecified atom stereocenters. The average Bonchev–Trinajstić information content (AvgIpc) is 2.54. The minimum atomic E-state index is -0.355. The molecule has 134 valence electrons. The Morgan fingerprint density at radius 2 is 1.92 bits per heavy atom. The van der Waals surface area contributed by atoms with Crippen LogP contribution in [0.25, 0.3) is 0 Å². The smallest absolute Gasteiger partial charge is 0.244 e. The van der Waals surface area contributed by atoms with E-state index in [4.69, 9.17) is 0 Å². The summed E-state index contributed by atoms with van der Waals surface area (Å²) in [5.41, 5.74) is 1.21. The van der Waals surface area contributed by atoms with E-state index in [9.17, 15) is 9.18 Å². The van der Waals surface area contributed by atoms with Gasteiger partial charge in [0, 0.05) is 31.9 Å². The van der Waals surface area contributed by atoms with Gasteiger partial charge < -0.3 is 15.1 Å². The Morgan fingerprint density at radius 1 is 1.29 bits per heavy atom. The normalized spacial score (nSPS) is 17.0. The number of nitrogens with zero attached hydrogens (tertiary/aromatic N) is 2. The zero-order valence-electron chi connectivity index (χ0n) is 15.5. The lowest BCUT2D eigenvalue weighted by Gasteiger charge is -2.32. The highest BCUT2D eigenvalue weighted by atomic mass is 19.1. The molecular formula is C19H30FN3O. The van der Waals surface area contributed by atoms with Gasteiger partial charge in [-0.05, 0) is 57.7 Å². The van der Waals surface area contributed by atoms with Gasteiger partial charge in [-0.3, -0.25) is 4.79 Å². The number of piperidine rings is 1. The van der Waals surface area contributed by atoms with Gasteiger partial charge in [-0.25, -0.2) is 4.39 Å². The van der Waals surface area contributed by atoms with Crippen molar-refractivity contribution in [3.8, 4) is 0 Å². The average molecular weight is 335 g/mol. The number of benzene rings is 1. The van der Waals surface area contributed by atoms with Gasteiger partial charge in [0.1, 0.15) is 11.9 Å². The fourth-order valence-electron chi connectivity index (χ4n) is 2.98. The predicted octanol–water partition coefficient (Wildman–Crippen LogP) is 3.73. The van der Waals surface area contributed by atoms with Crippen molar-refractivity contribution in [1.82, 2.24) is 4.90 Å². The third-order valence-electron chi connectivity index (χ3n) is 4.95. The molecule has 0 bridgehead atoms. The summed E-state index contributed by atoms with van der Waals surface area (Å²) in [6.07, 6.45) is 2.12. The van der Waals surface area contributed by atoms with E-state index in [1.54, 1.807) is 6.07 Å². The van der Waals surface area contributed by atoms with Crippen LogP contribution in [0.2, 0.25) is 0 Å². The number of hydrogen-bond acceptors (Lipinski definition) is 3. The first-order chi connectivity index (χ1) is 11.3. The molecule has 1 aliphatic rings. The maximum absolute atomic E-state index is 14.3. The number of likely N-dealkylation sites (tertiary alicyclic amines) is 1. The number of anilines is 2. The molecule has 0 spiro atoms. The Morgan fingerprint density at radius 3 is 2.46 bits per heavy atom. The summed E-state index contributed by atoms with van der Waals surface area (Å²) in [4.78, 5) is 16.3. The lowest BCUT2D eigenvalue weighted by Crippen LogP contribution is -2.45. The van der Waals surface area contributed by atoms with Gasteiger partial charge in [0.25, 0.3) is 0 Å². The van der Waals surface area contributed by atoms with Crippen LogP contribution in [-0.2, 0) is 4.79 Å². The van der Waals surface area contributed by atoms with Gasteiger partial charge in [0.15, 0.2) is 0 Å². The molecule has 0 aliphatic carbocycles. The number of carbonyl (C=O) groups is 1. The van der Waals surface area contributed by atoms with Crippen molar-refractivity contribution in [3.63, 3.8) is 0 Å². The van der Waals surface area contributed by atoms with E-state index in [1.807, 2.05) is 43.7 Å². The summed E-state index contributed by atoms with van der Waals surface area (Å²) in [6, 6.07) is 4.93. The summed E-state index contributed by atoms with van der Waals surface area (Å²) in [6.45, 7) is 9.74. The highest BCUT2D eigenvalue weighted by Gasteiger charge is 2.24. The van der Waals surface area contributed by atoms with E-state index in [1.165, 1.54) is 6.07 Å². The van der Waals surface area contributed by atoms with E-state index in [-0.39, 0.29) is 23.8 Å². The Kier molecular flexibility index (Phi) is 6.08. The molecule has 4 nitrogen and oxygen atoms in total. The molecule has 0 radical (unpaired) electrons. The minimum Gasteiger partial charge on any atom is -0.374 e. The van der Waals surface area contributed by atoms with Crippen molar-refractivity contribution in [2.24, 2.45) is 5.92 Å². The molecule has 24 heavy (non-hydrogen) atoms. The molecule has 5 heteroatoms. The first-order valence-corrected chi connectivity index (χ1v) is 8.87. The van der Waals surface area contributed by atoms with E-state index < -0.39 is 0 Å². The van der Waals surface area contributed by atoms with Gasteiger partial charge in [0.2, 0.25) is 5.91 Å². The highest BCUT2D eigenvalue weighted by Crippen LogP contribution is 2.24. The fraction of sp³-hybridized carbons (Fsp3) is 0.632. The Hall–Kier alpha value is -1.78. The number of halogens is 1. The zero-order valence-corrected chi connectivity index (χ0v) is 15.5. The standard InChI is InChI=1S/C19H30FN3O/c1-13(2)22(5)18-7-6-16(12-17(18)20)21-15(4)19(24)23-10-8-14(3)9-11-23/h6-7,12-15,21H,8-11H2,1-5H3. The van der Waals surface area contributed by atoms with Crippen molar-refractivity contribution in [1.29, 1.82) is 0 Å². The van der Waals surface area contributed by atoms with Crippen molar-refractivity contribution < 1.29 is 9.18 Å². The lowest BCUT2D eigenvalue weighted by molar-refractivity contribution is -0.132. The number of amides is 1. The lowest BCUT2D eigenvalue weighted by atomic mass is 9.99. The van der Waals surface area contributed by atoms with Gasteiger partial charge >= 0.3 is 0 Å². The second-order valence-corrected chi connectivity index (χ2v) is 7.24. The second-order valence-electron chi connectivity index (χ2n) is 7.24. The van der Waals surface area contributed by atoms with Crippen LogP contribution in [-0.4, -0.2) is 43.0 Å². The number of hydrogen-bond donors (Lipinski definition) is 1. The van der Waals surface area contributed by atoms with E-state index >= 15 is 0 Å². The molecule has 1 saturated heterocycles. The van der Waals surface area contributed by atoms with Crippen LogP contribution < -0.4 is 10.2 Å². The number of nitrogens with one attached hydrogen (secondary N) is 1. The van der Waals surface area contributed by atoms with Crippen molar-refractivity contribution in [2.45, 2.75) is 52.6 Å². The molecule has 0 saturated carbocycles. The quantitative estimate of drug-likeness (QED) is 0.890. The fourth-order valence-corrected chi connectivity index (χ4v) is 2.98. The molecule has 1 aromatic rings. The Labute approximate surface area is 145 Å². The van der Waals surface area contributed by atoms with Crippen molar-refractivity contribution in [2.75, 3.05) is 30.4 Å². The summed E-state index contributed by atoms with van der Waals surface area (Å²) < 4.78 is 14.3. The Balaban J connectivity index is 2.00. The second kappa shape index (κ2) is 7.86. The molecule has 1 N–H and O–H groups in total. The van der Waals surface area contributed by atoms with E-state index in [2.05, 4.69) is 12.2 Å². The number of carbonyl (C=O) groups excluding carboxylic acids is 1. The van der Waals surface area contributed by atoms with Crippen LogP contribution in [0.4, 0.5) is 15.8 Å². The molecule has 0 aromatic heterocycles. The van der Waals surface area contributed by atoms with Crippen molar-refractivity contribution in [3.05, 3.63) is 24.0 Å². The highest BCUT2D eigenvalue weighted by molar-refractivity contribution is 5.84. The zero-order chi connectivity index (χ0) is 17.9. The predicted molar refractivity (Wildman–Crippen MR) is 98.0 cm³/mol. The first kappa shape index (κ1) is 18.6. The topological polar surface area (TPSA) is 35.6 Å². The summed E-state index contributed by atoms with van der Waals surface area (Å²) in [7, 11) is 1.87. The van der Waals surface area contributed by atoms with Gasteiger partial charge in [-0.1, -0.05) is 6.92 Å². The third kappa shape index (κ3) is 4.40. The van der Waals surface area contributed by atoms with Crippen LogP contribution in [0.1, 0.15) is 40.5 Å². The molecule has 1 heterocycles. The molecule has 2 rings (SSSR count). The van der Waals surface area contributed by atoms with Gasteiger partial charge in [-0.15, -0.1) is 0 Å². The molecule has 1 atom stereocenters. The minimum absolute atomic E-state index is 0.0886. The number of rotatable bonds is 5. The summed E-state index contributed by atoms with van der Waals surface area (Å²) in [5, 5.41) is 3.14. The molecule has 1 amide bonds. The van der Waals surface area contributed by atoms with E-state index in [0.717, 1.165) is 25.9 Å². The van der Waals surface area contributed by atoms with Crippen LogP contribution in [0.5, 0.6) is 0 Å². The monoisotopic (exact) mass is 335 g/mol. The first-order valence-electron chi connectivity index (χ1n) is 8.87. The van der Waals surface area contributed by atoms with Crippen LogP contribution in [0.15, 0.2) is 18.2 Å². The van der Waals surface area contributed by atoms with Crippen molar-refractivity contribution >= 4 is 17.3 Å². The van der Waals surface area contributed by atoms with Gasteiger partial charge in [0.05, 0.1) is 5.69 Å². The molecule has 1 fully saturated rings. The van der Waals surface area contributed by atoms with Crippen LogP contribution in [0.3, 0.4) is 0 Å². The largest absolute Gasteiger partial charge is 0.374 e. The summed E-state index contributed by atoms with van der Waals surface area (Å²) in [5.74, 6) is 0.505. The van der Waals surface area contributed by atoms with Gasteiger partial charge in [-0.2, -0.15) is 0 Å². The maximum atomic E-state index is 14.3. The summed E-state index contributed by atoms with van der Waals surface area (Å²) >= 11 is 0. The van der Waals surface area contributed by atoms with E-state index in [0.29, 0.717) is 17.3 Å². The Bertz CT molecular complexity index is 568.